The Labute approximate surface area is 94.9 Å². The van der Waals surface area contributed by atoms with Crippen molar-refractivity contribution in [1.29, 1.82) is 0 Å². The quantitative estimate of drug-likeness (QED) is 0.394. The van der Waals surface area contributed by atoms with Crippen LogP contribution in [0.2, 0.25) is 0 Å². The summed E-state index contributed by atoms with van der Waals surface area (Å²) in [5.74, 6) is -0.456. The molecule has 82 valence electrons. The van der Waals surface area contributed by atoms with Gasteiger partial charge in [-0.05, 0) is 17.7 Å². The summed E-state index contributed by atoms with van der Waals surface area (Å²) in [7, 11) is 0. The number of rotatable bonds is 2. The maximum absolute atomic E-state index is 9.23. The van der Waals surface area contributed by atoms with Crippen LogP contribution in [0.5, 0.6) is 11.5 Å². The van der Waals surface area contributed by atoms with E-state index in [1.54, 1.807) is 0 Å². The second-order valence-electron chi connectivity index (χ2n) is 2.50. The normalized spacial score (nSPS) is 11.0. The molecule has 0 spiro atoms. The monoisotopic (exact) mass is 288 g/mol. The number of hydrogen-bond acceptors (Lipinski definition) is 5. The Morgan fingerprint density at radius 2 is 1.79 bits per heavy atom. The van der Waals surface area contributed by atoms with Crippen molar-refractivity contribution in [2.75, 3.05) is 6.54 Å². The number of hydrogen-bond donors (Lipinski definition) is 5. The molecule has 0 aromatic heterocycles. The van der Waals surface area contributed by atoms with Crippen molar-refractivity contribution in [2.45, 2.75) is 6.10 Å². The van der Waals surface area contributed by atoms with Crippen molar-refractivity contribution < 1.29 is 34.8 Å². The Morgan fingerprint density at radius 3 is 2.21 bits per heavy atom. The Bertz CT molecular complexity index is 283. The average molecular weight is 287 g/mol. The molecule has 0 fully saturated rings. The fraction of sp³-hybridized carbons (Fsp3) is 0.250. The number of aliphatic hydroxyl groups is 1. The van der Waals surface area contributed by atoms with E-state index in [0.717, 1.165) is 0 Å². The van der Waals surface area contributed by atoms with E-state index in [0.29, 0.717) is 5.56 Å². The third-order valence-corrected chi connectivity index (χ3v) is 1.61. The summed E-state index contributed by atoms with van der Waals surface area (Å²) in [5, 5.41) is 27.2. The van der Waals surface area contributed by atoms with Gasteiger partial charge in [0.1, 0.15) is 0 Å². The SMILES string of the molecule is N.NCC(O)c1ccc(O)c(O)c1.[Ru]. The first-order valence-electron chi connectivity index (χ1n) is 3.55. The van der Waals surface area contributed by atoms with Crippen LogP contribution in [0, 0.1) is 0 Å². The standard InChI is InChI=1S/C8H11NO3.H3N.Ru/c9-4-8(12)5-1-2-6(10)7(11)3-5;;/h1-3,8,10-12H,4,9H2;1H3;. The molecule has 0 radical (unpaired) electrons. The first kappa shape index (κ1) is 15.8. The van der Waals surface area contributed by atoms with Gasteiger partial charge in [-0.15, -0.1) is 0 Å². The topological polar surface area (TPSA) is 122 Å². The maximum Gasteiger partial charge on any atom is 0.157 e. The van der Waals surface area contributed by atoms with Gasteiger partial charge in [0, 0.05) is 26.0 Å². The zero-order valence-electron chi connectivity index (χ0n) is 7.50. The number of aliphatic hydroxyl groups excluding tert-OH is 1. The number of aromatic hydroxyl groups is 2. The number of benzene rings is 1. The molecule has 1 rings (SSSR count). The molecule has 0 amide bonds. The molecule has 5 nitrogen and oxygen atoms in total. The first-order chi connectivity index (χ1) is 5.65. The van der Waals surface area contributed by atoms with Crippen molar-refractivity contribution in [3.63, 3.8) is 0 Å². The zero-order chi connectivity index (χ0) is 9.14. The molecule has 0 saturated carbocycles. The molecule has 8 N–H and O–H groups in total. The first-order valence-corrected chi connectivity index (χ1v) is 3.55. The van der Waals surface area contributed by atoms with Gasteiger partial charge in [0.05, 0.1) is 6.10 Å². The molecular weight excluding hydrogens is 273 g/mol. The number of phenolic OH excluding ortho intramolecular Hbond substituents is 2. The van der Waals surface area contributed by atoms with Gasteiger partial charge < -0.3 is 27.2 Å². The van der Waals surface area contributed by atoms with Gasteiger partial charge in [0.15, 0.2) is 11.5 Å². The van der Waals surface area contributed by atoms with Crippen molar-refractivity contribution in [3.8, 4) is 11.5 Å². The summed E-state index contributed by atoms with van der Waals surface area (Å²) in [6, 6.07) is 4.10. The van der Waals surface area contributed by atoms with Crippen LogP contribution in [0.4, 0.5) is 0 Å². The molecular formula is C8H14N2O3Ru. The Hall–Kier alpha value is -0.677. The Balaban J connectivity index is 0. The van der Waals surface area contributed by atoms with Crippen LogP contribution in [0.3, 0.4) is 0 Å². The predicted molar refractivity (Wildman–Crippen MR) is 48.8 cm³/mol. The Morgan fingerprint density at radius 1 is 1.21 bits per heavy atom. The van der Waals surface area contributed by atoms with Crippen LogP contribution in [0.1, 0.15) is 11.7 Å². The average Bonchev–Trinajstić information content (AvgIpc) is 2.08. The van der Waals surface area contributed by atoms with Crippen molar-refractivity contribution in [3.05, 3.63) is 23.8 Å². The molecule has 1 aromatic carbocycles. The van der Waals surface area contributed by atoms with Gasteiger partial charge in [-0.1, -0.05) is 6.07 Å². The third kappa shape index (κ3) is 3.59. The van der Waals surface area contributed by atoms with Crippen LogP contribution < -0.4 is 11.9 Å². The summed E-state index contributed by atoms with van der Waals surface area (Å²) in [6.07, 6.45) is -0.795. The fourth-order valence-electron chi connectivity index (χ4n) is 0.884. The zero-order valence-corrected chi connectivity index (χ0v) is 9.23. The van der Waals surface area contributed by atoms with Crippen molar-refractivity contribution in [2.24, 2.45) is 5.73 Å². The minimum atomic E-state index is -0.795. The van der Waals surface area contributed by atoms with Crippen LogP contribution in [-0.2, 0) is 19.5 Å². The van der Waals surface area contributed by atoms with E-state index >= 15 is 0 Å². The molecule has 0 bridgehead atoms. The van der Waals surface area contributed by atoms with Gasteiger partial charge in [0.2, 0.25) is 0 Å². The summed E-state index contributed by atoms with van der Waals surface area (Å²) in [5.41, 5.74) is 5.69. The molecule has 1 aromatic rings. The smallest absolute Gasteiger partial charge is 0.157 e. The van der Waals surface area contributed by atoms with E-state index in [1.165, 1.54) is 18.2 Å². The molecule has 6 heteroatoms. The van der Waals surface area contributed by atoms with Crippen molar-refractivity contribution in [1.82, 2.24) is 6.15 Å². The van der Waals surface area contributed by atoms with Crippen LogP contribution in [0.15, 0.2) is 18.2 Å². The second kappa shape index (κ2) is 6.73. The van der Waals surface area contributed by atoms with Crippen molar-refractivity contribution >= 4 is 0 Å². The van der Waals surface area contributed by atoms with E-state index < -0.39 is 6.10 Å². The molecule has 1 atom stereocenters. The van der Waals surface area contributed by atoms with E-state index in [2.05, 4.69) is 0 Å². The molecule has 0 aliphatic carbocycles. The van der Waals surface area contributed by atoms with Crippen LogP contribution in [0.25, 0.3) is 0 Å². The molecule has 0 aliphatic heterocycles. The minimum absolute atomic E-state index is 0. The molecule has 14 heavy (non-hydrogen) atoms. The summed E-state index contributed by atoms with van der Waals surface area (Å²) < 4.78 is 0. The summed E-state index contributed by atoms with van der Waals surface area (Å²) >= 11 is 0. The Kier molecular flexibility index (Phi) is 7.59. The fourth-order valence-corrected chi connectivity index (χ4v) is 0.884. The van der Waals surface area contributed by atoms with Gasteiger partial charge in [-0.3, -0.25) is 0 Å². The molecule has 0 aliphatic rings. The van der Waals surface area contributed by atoms with Gasteiger partial charge in [-0.2, -0.15) is 0 Å². The van der Waals surface area contributed by atoms with Gasteiger partial charge >= 0.3 is 0 Å². The molecule has 0 heterocycles. The third-order valence-electron chi connectivity index (χ3n) is 1.61. The van der Waals surface area contributed by atoms with E-state index in [-0.39, 0.29) is 43.7 Å². The maximum atomic E-state index is 9.23. The largest absolute Gasteiger partial charge is 0.504 e. The number of phenols is 2. The molecule has 0 saturated heterocycles. The van der Waals surface area contributed by atoms with Gasteiger partial charge in [0.25, 0.3) is 0 Å². The summed E-state index contributed by atoms with van der Waals surface area (Å²) in [6.45, 7) is 0.0875. The second-order valence-corrected chi connectivity index (χ2v) is 2.50. The van der Waals surface area contributed by atoms with E-state index in [1.807, 2.05) is 0 Å². The molecule has 1 unspecified atom stereocenters. The minimum Gasteiger partial charge on any atom is -0.504 e. The van der Waals surface area contributed by atoms with E-state index in [9.17, 15) is 5.11 Å². The van der Waals surface area contributed by atoms with Gasteiger partial charge in [-0.25, -0.2) is 0 Å². The van der Waals surface area contributed by atoms with Crippen LogP contribution >= 0.6 is 0 Å². The summed E-state index contributed by atoms with van der Waals surface area (Å²) in [4.78, 5) is 0. The number of nitrogens with two attached hydrogens (primary N) is 1. The predicted octanol–water partition coefficient (Wildman–Crippen LogP) is 0.249. The van der Waals surface area contributed by atoms with Crippen LogP contribution in [-0.4, -0.2) is 21.9 Å². The van der Waals surface area contributed by atoms with E-state index in [4.69, 9.17) is 15.9 Å².